The SMILES string of the molecule is Cc1ccc(S(=O)(=O)ON=C2SCCN(Cc3ccccc3)C2=O)cc1. The van der Waals surface area contributed by atoms with E-state index >= 15 is 0 Å². The maximum Gasteiger partial charge on any atom is 0.358 e. The first kappa shape index (κ1) is 18.5. The van der Waals surface area contributed by atoms with Gasteiger partial charge in [-0.2, -0.15) is 8.42 Å². The van der Waals surface area contributed by atoms with Gasteiger partial charge in [0.2, 0.25) is 5.04 Å². The number of hydrogen-bond donors (Lipinski definition) is 0. The normalized spacial score (nSPS) is 16.7. The smallest absolute Gasteiger partial charge is 0.332 e. The lowest BCUT2D eigenvalue weighted by atomic mass is 10.2. The zero-order chi connectivity index (χ0) is 18.6. The van der Waals surface area contributed by atoms with Gasteiger partial charge in [0.15, 0.2) is 0 Å². The first-order chi connectivity index (χ1) is 12.5. The number of aryl methyl sites for hydroxylation is 1. The molecule has 0 aliphatic carbocycles. The van der Waals surface area contributed by atoms with Crippen molar-refractivity contribution in [2.45, 2.75) is 18.4 Å². The number of hydrogen-bond acceptors (Lipinski definition) is 6. The molecule has 6 nitrogen and oxygen atoms in total. The molecule has 0 atom stereocenters. The summed E-state index contributed by atoms with van der Waals surface area (Å²) in [7, 11) is -4.05. The van der Waals surface area contributed by atoms with E-state index in [1.165, 1.54) is 23.9 Å². The molecule has 1 aliphatic rings. The number of benzene rings is 2. The summed E-state index contributed by atoms with van der Waals surface area (Å²) in [6.07, 6.45) is 0. The Labute approximate surface area is 157 Å². The Bertz CT molecular complexity index is 910. The van der Waals surface area contributed by atoms with Crippen LogP contribution in [0, 0.1) is 6.92 Å². The fraction of sp³-hybridized carbons (Fsp3) is 0.222. The van der Waals surface area contributed by atoms with Crippen LogP contribution < -0.4 is 0 Å². The number of carbonyl (C=O) groups excluding carboxylic acids is 1. The van der Waals surface area contributed by atoms with Crippen molar-refractivity contribution < 1.29 is 17.5 Å². The van der Waals surface area contributed by atoms with E-state index in [-0.39, 0.29) is 15.8 Å². The summed E-state index contributed by atoms with van der Waals surface area (Å²) in [5.41, 5.74) is 1.94. The molecule has 1 heterocycles. The Kier molecular flexibility index (Phi) is 5.63. The quantitative estimate of drug-likeness (QED) is 0.734. The van der Waals surface area contributed by atoms with E-state index in [1.54, 1.807) is 17.0 Å². The van der Waals surface area contributed by atoms with Crippen LogP contribution in [0.2, 0.25) is 0 Å². The molecule has 0 unspecified atom stereocenters. The molecule has 2 aromatic rings. The highest BCUT2D eigenvalue weighted by Crippen LogP contribution is 2.19. The molecule has 1 amide bonds. The molecule has 1 aliphatic heterocycles. The van der Waals surface area contributed by atoms with E-state index in [0.717, 1.165) is 11.1 Å². The lowest BCUT2D eigenvalue weighted by Crippen LogP contribution is -2.40. The van der Waals surface area contributed by atoms with Gasteiger partial charge < -0.3 is 4.90 Å². The van der Waals surface area contributed by atoms with Gasteiger partial charge in [0, 0.05) is 18.8 Å². The molecule has 0 spiro atoms. The summed E-state index contributed by atoms with van der Waals surface area (Å²) in [6, 6.07) is 15.8. The van der Waals surface area contributed by atoms with Crippen molar-refractivity contribution in [3.8, 4) is 0 Å². The number of thioether (sulfide) groups is 1. The molecule has 1 fully saturated rings. The molecule has 0 bridgehead atoms. The Morgan fingerprint density at radius 3 is 2.50 bits per heavy atom. The van der Waals surface area contributed by atoms with Crippen molar-refractivity contribution in [2.75, 3.05) is 12.3 Å². The van der Waals surface area contributed by atoms with Crippen molar-refractivity contribution in [1.29, 1.82) is 0 Å². The van der Waals surface area contributed by atoms with Crippen LogP contribution in [-0.2, 0) is 25.7 Å². The van der Waals surface area contributed by atoms with Crippen LogP contribution in [-0.4, -0.2) is 36.6 Å². The average molecular weight is 390 g/mol. The monoisotopic (exact) mass is 390 g/mol. The van der Waals surface area contributed by atoms with Crippen LogP contribution >= 0.6 is 11.8 Å². The van der Waals surface area contributed by atoms with Gasteiger partial charge in [-0.15, -0.1) is 0 Å². The standard InChI is InChI=1S/C18H18N2O4S2/c1-14-7-9-16(10-8-14)26(22,23)24-19-17-18(21)20(11-12-25-17)13-15-5-3-2-4-6-15/h2-10H,11-13H2,1H3. The van der Waals surface area contributed by atoms with E-state index in [0.29, 0.717) is 18.8 Å². The molecular weight excluding hydrogens is 372 g/mol. The highest BCUT2D eigenvalue weighted by atomic mass is 32.2. The largest absolute Gasteiger partial charge is 0.358 e. The van der Waals surface area contributed by atoms with Gasteiger partial charge in [-0.1, -0.05) is 64.9 Å². The van der Waals surface area contributed by atoms with Crippen LogP contribution in [0.3, 0.4) is 0 Å². The van der Waals surface area contributed by atoms with Crippen LogP contribution in [0.15, 0.2) is 64.6 Å². The predicted octanol–water partition coefficient (Wildman–Crippen LogP) is 2.79. The Balaban J connectivity index is 1.71. The molecule has 8 heteroatoms. The second-order valence-electron chi connectivity index (χ2n) is 5.80. The second kappa shape index (κ2) is 7.92. The molecule has 1 saturated heterocycles. The third kappa shape index (κ3) is 4.44. The minimum Gasteiger partial charge on any atom is -0.332 e. The Hall–Kier alpha value is -2.32. The van der Waals surface area contributed by atoms with Gasteiger partial charge in [0.25, 0.3) is 5.91 Å². The van der Waals surface area contributed by atoms with Crippen molar-refractivity contribution in [2.24, 2.45) is 5.16 Å². The van der Waals surface area contributed by atoms with Crippen molar-refractivity contribution in [1.82, 2.24) is 4.90 Å². The van der Waals surface area contributed by atoms with Crippen LogP contribution in [0.1, 0.15) is 11.1 Å². The van der Waals surface area contributed by atoms with Crippen molar-refractivity contribution in [3.05, 3.63) is 65.7 Å². The topological polar surface area (TPSA) is 76.0 Å². The molecular formula is C18H18N2O4S2. The summed E-state index contributed by atoms with van der Waals surface area (Å²) in [6.45, 7) is 2.88. The molecule has 3 rings (SSSR count). The fourth-order valence-corrected chi connectivity index (χ4v) is 4.02. The highest BCUT2D eigenvalue weighted by molar-refractivity contribution is 8.15. The van der Waals surface area contributed by atoms with Gasteiger partial charge in [-0.25, -0.2) is 0 Å². The van der Waals surface area contributed by atoms with Crippen LogP contribution in [0.4, 0.5) is 0 Å². The maximum absolute atomic E-state index is 12.5. The number of oxime groups is 1. The fourth-order valence-electron chi connectivity index (χ4n) is 2.40. The minimum atomic E-state index is -4.05. The number of nitrogens with zero attached hydrogens (tertiary/aromatic N) is 2. The van der Waals surface area contributed by atoms with Crippen molar-refractivity contribution in [3.63, 3.8) is 0 Å². The van der Waals surface area contributed by atoms with Gasteiger partial charge in [-0.3, -0.25) is 9.08 Å². The second-order valence-corrected chi connectivity index (χ2v) is 8.41. The number of carbonyl (C=O) groups is 1. The summed E-state index contributed by atoms with van der Waals surface area (Å²) in [5, 5.41) is 3.67. The van der Waals surface area contributed by atoms with Crippen molar-refractivity contribution >= 4 is 32.8 Å². The third-order valence-corrected chi connectivity index (χ3v) is 5.84. The van der Waals surface area contributed by atoms with Crippen LogP contribution in [0.5, 0.6) is 0 Å². The molecule has 0 aromatic heterocycles. The van der Waals surface area contributed by atoms with E-state index in [1.807, 2.05) is 37.3 Å². The highest BCUT2D eigenvalue weighted by Gasteiger charge is 2.27. The Morgan fingerprint density at radius 2 is 1.81 bits per heavy atom. The first-order valence-electron chi connectivity index (χ1n) is 8.00. The summed E-state index contributed by atoms with van der Waals surface area (Å²) < 4.78 is 29.2. The van der Waals surface area contributed by atoms with E-state index < -0.39 is 10.1 Å². The van der Waals surface area contributed by atoms with E-state index in [4.69, 9.17) is 4.28 Å². The summed E-state index contributed by atoms with van der Waals surface area (Å²) in [5.74, 6) is 0.301. The van der Waals surface area contributed by atoms with Gasteiger partial charge in [0.05, 0.1) is 0 Å². The average Bonchev–Trinajstić information content (AvgIpc) is 2.64. The molecule has 2 aromatic carbocycles. The van der Waals surface area contributed by atoms with E-state index in [9.17, 15) is 13.2 Å². The Morgan fingerprint density at radius 1 is 1.12 bits per heavy atom. The summed E-state index contributed by atoms with van der Waals surface area (Å²) in [4.78, 5) is 14.2. The predicted molar refractivity (Wildman–Crippen MR) is 101 cm³/mol. The van der Waals surface area contributed by atoms with Crippen LogP contribution in [0.25, 0.3) is 0 Å². The van der Waals surface area contributed by atoms with E-state index in [2.05, 4.69) is 5.16 Å². The van der Waals surface area contributed by atoms with Gasteiger partial charge in [0.1, 0.15) is 4.90 Å². The molecule has 0 N–H and O–H groups in total. The lowest BCUT2D eigenvalue weighted by molar-refractivity contribution is -0.124. The molecule has 0 radical (unpaired) electrons. The minimum absolute atomic E-state index is 0.00171. The zero-order valence-corrected chi connectivity index (χ0v) is 15.8. The zero-order valence-electron chi connectivity index (χ0n) is 14.2. The van der Waals surface area contributed by atoms with Gasteiger partial charge in [-0.05, 0) is 24.6 Å². The third-order valence-electron chi connectivity index (χ3n) is 3.81. The number of amides is 1. The molecule has 136 valence electrons. The summed E-state index contributed by atoms with van der Waals surface area (Å²) >= 11 is 1.19. The lowest BCUT2D eigenvalue weighted by Gasteiger charge is -2.26. The maximum atomic E-state index is 12.5. The van der Waals surface area contributed by atoms with Gasteiger partial charge >= 0.3 is 10.1 Å². The number of rotatable bonds is 5. The first-order valence-corrected chi connectivity index (χ1v) is 10.4. The molecule has 26 heavy (non-hydrogen) atoms. The molecule has 0 saturated carbocycles.